The predicted octanol–water partition coefficient (Wildman–Crippen LogP) is -1.86. The molecule has 0 fully saturated rings. The lowest BCUT2D eigenvalue weighted by Gasteiger charge is -2.13. The molecule has 1 aromatic rings. The summed E-state index contributed by atoms with van der Waals surface area (Å²) < 4.78 is 5.13. The standard InChI is InChI=1S/C14H17N6O9P/c21-10(3-6-18-12(22)1-2-13(18)23)15-4-5-16-14(24)9-7-11(20(25)26)19(17-9)8-29-30(27)28/h1-2,7,27-28H,3-6,8H2,(H,15,21)(H,16,24). The molecule has 1 aliphatic heterocycles. The van der Waals surface area contributed by atoms with Gasteiger partial charge in [-0.25, -0.2) is 0 Å². The summed E-state index contributed by atoms with van der Waals surface area (Å²) in [6.07, 6.45) is 2.11. The van der Waals surface area contributed by atoms with Crippen LogP contribution < -0.4 is 10.6 Å². The van der Waals surface area contributed by atoms with Crippen LogP contribution in [0.15, 0.2) is 18.2 Å². The molecule has 0 bridgehead atoms. The minimum absolute atomic E-state index is 0.0238. The molecule has 0 saturated heterocycles. The van der Waals surface area contributed by atoms with Crippen molar-refractivity contribution in [3.63, 3.8) is 0 Å². The van der Waals surface area contributed by atoms with E-state index in [-0.39, 0.29) is 31.7 Å². The van der Waals surface area contributed by atoms with Crippen molar-refractivity contribution in [1.82, 2.24) is 25.3 Å². The van der Waals surface area contributed by atoms with E-state index < -0.39 is 49.7 Å². The first-order chi connectivity index (χ1) is 14.2. The van der Waals surface area contributed by atoms with Crippen molar-refractivity contribution < 1.29 is 38.4 Å². The Kier molecular flexibility index (Phi) is 8.06. The number of hydrogen-bond acceptors (Lipinski definition) is 10. The van der Waals surface area contributed by atoms with Crippen molar-refractivity contribution >= 4 is 38.0 Å². The number of rotatable bonds is 11. The van der Waals surface area contributed by atoms with Gasteiger partial charge in [-0.2, -0.15) is 0 Å². The Morgan fingerprint density at radius 3 is 2.43 bits per heavy atom. The SMILES string of the molecule is O=C(CCN1C(=O)C=CC1=O)NCCNC(=O)c1cc([N+](=O)[O-])n(COP(O)O)n1. The van der Waals surface area contributed by atoms with Crippen LogP contribution in [0, 0.1) is 10.1 Å². The van der Waals surface area contributed by atoms with Crippen LogP contribution in [0.5, 0.6) is 0 Å². The lowest BCUT2D eigenvalue weighted by atomic mass is 10.3. The summed E-state index contributed by atoms with van der Waals surface area (Å²) in [5.41, 5.74) is -0.310. The van der Waals surface area contributed by atoms with E-state index in [0.29, 0.717) is 4.68 Å². The maximum absolute atomic E-state index is 12.0. The number of carbonyl (C=O) groups excluding carboxylic acids is 4. The maximum Gasteiger partial charge on any atom is 0.347 e. The summed E-state index contributed by atoms with van der Waals surface area (Å²) in [6.45, 7) is -0.717. The molecule has 1 aliphatic rings. The summed E-state index contributed by atoms with van der Waals surface area (Å²) in [4.78, 5) is 75.0. The maximum atomic E-state index is 12.0. The number of aromatic nitrogens is 2. The molecule has 0 aromatic carbocycles. The summed E-state index contributed by atoms with van der Waals surface area (Å²) in [5, 5.41) is 19.5. The topological polar surface area (TPSA) is 206 Å². The molecule has 0 saturated carbocycles. The van der Waals surface area contributed by atoms with E-state index >= 15 is 0 Å². The van der Waals surface area contributed by atoms with Crippen LogP contribution in [-0.4, -0.2) is 72.7 Å². The monoisotopic (exact) mass is 444 g/mol. The Bertz CT molecular complexity index is 865. The molecule has 0 spiro atoms. The van der Waals surface area contributed by atoms with E-state index in [9.17, 15) is 29.3 Å². The van der Waals surface area contributed by atoms with Gasteiger partial charge >= 0.3 is 14.4 Å². The average Bonchev–Trinajstić information content (AvgIpc) is 3.25. The van der Waals surface area contributed by atoms with Gasteiger partial charge in [-0.15, -0.1) is 4.68 Å². The van der Waals surface area contributed by atoms with E-state index in [1.54, 1.807) is 0 Å². The van der Waals surface area contributed by atoms with Gasteiger partial charge < -0.3 is 30.5 Å². The van der Waals surface area contributed by atoms with Crippen molar-refractivity contribution in [2.45, 2.75) is 13.2 Å². The molecular formula is C14H17N6O9P. The van der Waals surface area contributed by atoms with Gasteiger partial charge in [-0.1, -0.05) is 5.10 Å². The third-order valence-corrected chi connectivity index (χ3v) is 4.02. The number of nitro groups is 1. The van der Waals surface area contributed by atoms with Gasteiger partial charge in [0.2, 0.25) is 12.6 Å². The normalized spacial score (nSPS) is 13.2. The highest BCUT2D eigenvalue weighted by atomic mass is 31.2. The van der Waals surface area contributed by atoms with E-state index in [4.69, 9.17) is 9.79 Å². The Morgan fingerprint density at radius 2 is 1.83 bits per heavy atom. The highest BCUT2D eigenvalue weighted by Crippen LogP contribution is 2.26. The molecule has 2 rings (SSSR count). The molecule has 15 nitrogen and oxygen atoms in total. The summed E-state index contributed by atoms with van der Waals surface area (Å²) in [5.74, 6) is -2.79. The van der Waals surface area contributed by atoms with Gasteiger partial charge in [-0.05, 0) is 4.92 Å². The molecule has 0 radical (unpaired) electrons. The number of nitrogens with zero attached hydrogens (tertiary/aromatic N) is 4. The van der Waals surface area contributed by atoms with Crippen LogP contribution in [0.4, 0.5) is 5.82 Å². The highest BCUT2D eigenvalue weighted by molar-refractivity contribution is 7.39. The van der Waals surface area contributed by atoms with E-state index in [0.717, 1.165) is 23.1 Å². The third-order valence-electron chi connectivity index (χ3n) is 3.67. The number of amides is 4. The van der Waals surface area contributed by atoms with Crippen LogP contribution in [-0.2, 0) is 25.6 Å². The zero-order valence-electron chi connectivity index (χ0n) is 15.3. The van der Waals surface area contributed by atoms with Gasteiger partial charge in [-0.3, -0.25) is 28.6 Å². The fourth-order valence-electron chi connectivity index (χ4n) is 2.29. The van der Waals surface area contributed by atoms with Gasteiger partial charge in [0.1, 0.15) is 0 Å². The van der Waals surface area contributed by atoms with Gasteiger partial charge in [0.25, 0.3) is 17.7 Å². The molecule has 16 heteroatoms. The first-order valence-corrected chi connectivity index (χ1v) is 9.47. The first-order valence-electron chi connectivity index (χ1n) is 8.30. The Morgan fingerprint density at radius 1 is 1.20 bits per heavy atom. The average molecular weight is 444 g/mol. The molecule has 0 atom stereocenters. The molecule has 0 aliphatic carbocycles. The minimum Gasteiger partial charge on any atom is -0.358 e. The predicted molar refractivity (Wildman–Crippen MR) is 97.1 cm³/mol. The second-order valence-corrected chi connectivity index (χ2v) is 6.44. The molecule has 4 N–H and O–H groups in total. The number of carbonyl (C=O) groups is 4. The van der Waals surface area contributed by atoms with Crippen molar-refractivity contribution in [2.24, 2.45) is 0 Å². The quantitative estimate of drug-likeness (QED) is 0.0984. The van der Waals surface area contributed by atoms with Crippen molar-refractivity contribution in [1.29, 1.82) is 0 Å². The number of hydrogen-bond donors (Lipinski definition) is 4. The van der Waals surface area contributed by atoms with Gasteiger partial charge in [0.05, 0.1) is 6.07 Å². The van der Waals surface area contributed by atoms with E-state index in [1.807, 2.05) is 0 Å². The summed E-state index contributed by atoms with van der Waals surface area (Å²) in [7, 11) is -2.76. The van der Waals surface area contributed by atoms with Crippen LogP contribution in [0.1, 0.15) is 16.9 Å². The Balaban J connectivity index is 1.75. The number of nitrogens with one attached hydrogen (secondary N) is 2. The minimum atomic E-state index is -2.76. The van der Waals surface area contributed by atoms with Gasteiger partial charge in [0.15, 0.2) is 5.69 Å². The number of imide groups is 1. The van der Waals surface area contributed by atoms with Crippen molar-refractivity contribution in [2.75, 3.05) is 19.6 Å². The largest absolute Gasteiger partial charge is 0.358 e. The molecule has 2 heterocycles. The second-order valence-electron chi connectivity index (χ2n) is 5.67. The van der Waals surface area contributed by atoms with Crippen molar-refractivity contribution in [3.8, 4) is 0 Å². The van der Waals surface area contributed by atoms with E-state index in [2.05, 4.69) is 20.3 Å². The van der Waals surface area contributed by atoms with Crippen LogP contribution in [0.25, 0.3) is 0 Å². The molecule has 4 amide bonds. The molecule has 162 valence electrons. The fraction of sp³-hybridized carbons (Fsp3) is 0.357. The summed E-state index contributed by atoms with van der Waals surface area (Å²) >= 11 is 0. The molecule has 1 aromatic heterocycles. The van der Waals surface area contributed by atoms with Crippen molar-refractivity contribution in [3.05, 3.63) is 34.0 Å². The Labute approximate surface area is 169 Å². The second kappa shape index (κ2) is 10.5. The third kappa shape index (κ3) is 6.38. The molecule has 30 heavy (non-hydrogen) atoms. The Hall–Kier alpha value is -3.26. The zero-order valence-corrected chi connectivity index (χ0v) is 16.2. The fourth-order valence-corrected chi connectivity index (χ4v) is 2.50. The first kappa shape index (κ1) is 23.0. The highest BCUT2D eigenvalue weighted by Gasteiger charge is 2.24. The van der Waals surface area contributed by atoms with Crippen LogP contribution in [0.3, 0.4) is 0 Å². The van der Waals surface area contributed by atoms with Crippen LogP contribution >= 0.6 is 8.60 Å². The smallest absolute Gasteiger partial charge is 0.347 e. The lowest BCUT2D eigenvalue weighted by Crippen LogP contribution is -2.37. The van der Waals surface area contributed by atoms with Gasteiger partial charge in [0, 0.05) is 38.2 Å². The summed E-state index contributed by atoms with van der Waals surface area (Å²) in [6, 6.07) is 0.881. The zero-order chi connectivity index (χ0) is 22.3. The lowest BCUT2D eigenvalue weighted by molar-refractivity contribution is -0.393. The molecular weight excluding hydrogens is 427 g/mol. The van der Waals surface area contributed by atoms with Crippen LogP contribution in [0.2, 0.25) is 0 Å². The van der Waals surface area contributed by atoms with E-state index in [1.165, 1.54) is 0 Å². The molecule has 0 unspecified atom stereocenters.